The highest BCUT2D eigenvalue weighted by Gasteiger charge is 2.51. The first kappa shape index (κ1) is 25.0. The Hall–Kier alpha value is -3.66. The van der Waals surface area contributed by atoms with Crippen LogP contribution in [0.1, 0.15) is 16.7 Å². The molecule has 34 heavy (non-hydrogen) atoms. The Labute approximate surface area is 189 Å². The third-order valence-corrected chi connectivity index (χ3v) is 4.84. The number of primary amides is 1. The van der Waals surface area contributed by atoms with Crippen molar-refractivity contribution in [3.8, 4) is 17.6 Å². The first-order valence-corrected chi connectivity index (χ1v) is 9.60. The van der Waals surface area contributed by atoms with E-state index in [1.165, 1.54) is 24.3 Å². The number of aryl methyl sites for hydroxylation is 1. The maximum atomic E-state index is 13.6. The number of nitrogens with zero attached hydrogens (tertiary/aromatic N) is 2. The predicted molar refractivity (Wildman–Crippen MR) is 105 cm³/mol. The molecule has 3 rings (SSSR count). The van der Waals surface area contributed by atoms with Gasteiger partial charge in [-0.25, -0.2) is 4.79 Å². The third kappa shape index (κ3) is 5.63. The first-order valence-electron chi connectivity index (χ1n) is 9.60. The van der Waals surface area contributed by atoms with Gasteiger partial charge in [0.25, 0.3) is 0 Å². The molecule has 13 heteroatoms. The van der Waals surface area contributed by atoms with Gasteiger partial charge in [-0.2, -0.15) is 31.6 Å². The average Bonchev–Trinajstić information content (AvgIpc) is 3.17. The van der Waals surface area contributed by atoms with Crippen molar-refractivity contribution in [1.29, 1.82) is 5.26 Å². The number of benzene rings is 2. The normalized spacial score (nSPS) is 18.5. The number of hydrogen-bond donors (Lipinski definition) is 1. The number of carbonyl (C=O) groups excluding carboxylic acids is 1. The first-order chi connectivity index (χ1) is 15.8. The van der Waals surface area contributed by atoms with Crippen molar-refractivity contribution in [1.82, 2.24) is 0 Å². The molecule has 0 unspecified atom stereocenters. The molecule has 0 bridgehead atoms. The van der Waals surface area contributed by atoms with Crippen LogP contribution in [0.5, 0.6) is 11.5 Å². The van der Waals surface area contributed by atoms with Gasteiger partial charge in [-0.15, -0.1) is 0 Å². The van der Waals surface area contributed by atoms with Crippen LogP contribution in [0.4, 0.5) is 36.8 Å². The van der Waals surface area contributed by atoms with Crippen molar-refractivity contribution < 1.29 is 45.3 Å². The van der Waals surface area contributed by atoms with Crippen LogP contribution in [0.2, 0.25) is 0 Å². The van der Waals surface area contributed by atoms with E-state index in [0.717, 1.165) is 12.1 Å². The molecular weight excluding hydrogens is 472 g/mol. The summed E-state index contributed by atoms with van der Waals surface area (Å²) in [5.74, 6) is 0.402. The number of alkyl halides is 6. The number of nitriles is 1. The molecule has 0 spiro atoms. The Morgan fingerprint density at radius 3 is 2.47 bits per heavy atom. The summed E-state index contributed by atoms with van der Waals surface area (Å²) in [6.07, 6.45) is -14.5. The maximum absolute atomic E-state index is 13.6. The van der Waals surface area contributed by atoms with Crippen molar-refractivity contribution in [2.75, 3.05) is 18.1 Å². The van der Waals surface area contributed by atoms with Gasteiger partial charge in [-0.1, -0.05) is 0 Å². The number of amides is 1. The Kier molecular flexibility index (Phi) is 6.83. The van der Waals surface area contributed by atoms with Crippen molar-refractivity contribution in [2.24, 2.45) is 5.73 Å². The zero-order valence-corrected chi connectivity index (χ0v) is 17.4. The molecule has 2 aromatic rings. The molecule has 1 saturated heterocycles. The summed E-state index contributed by atoms with van der Waals surface area (Å²) >= 11 is 0. The molecule has 1 aliphatic heterocycles. The summed E-state index contributed by atoms with van der Waals surface area (Å²) in [4.78, 5) is 11.5. The molecule has 2 atom stereocenters. The topological polar surface area (TPSA) is 97.8 Å². The highest BCUT2D eigenvalue weighted by atomic mass is 19.4. The minimum atomic E-state index is -4.93. The molecule has 182 valence electrons. The molecule has 1 fully saturated rings. The fourth-order valence-corrected chi connectivity index (χ4v) is 3.37. The van der Waals surface area contributed by atoms with E-state index in [1.807, 2.05) is 0 Å². The van der Waals surface area contributed by atoms with Crippen LogP contribution in [-0.4, -0.2) is 37.8 Å². The molecule has 0 saturated carbocycles. The Bertz CT molecular complexity index is 1110. The molecule has 2 N–H and O–H groups in total. The highest BCUT2D eigenvalue weighted by molar-refractivity contribution is 5.68. The minimum absolute atomic E-state index is 0.168. The Morgan fingerprint density at radius 2 is 1.91 bits per heavy atom. The molecule has 1 aliphatic rings. The van der Waals surface area contributed by atoms with Gasteiger partial charge in [-0.3, -0.25) is 0 Å². The van der Waals surface area contributed by atoms with Crippen LogP contribution in [0.15, 0.2) is 36.4 Å². The fourth-order valence-electron chi connectivity index (χ4n) is 3.37. The van der Waals surface area contributed by atoms with Crippen LogP contribution < -0.4 is 20.1 Å². The smallest absolute Gasteiger partial charge is 0.433 e. The third-order valence-electron chi connectivity index (χ3n) is 4.84. The number of hydrogen-bond acceptors (Lipinski definition) is 6. The molecule has 7 nitrogen and oxygen atoms in total. The maximum Gasteiger partial charge on any atom is 0.433 e. The number of carbonyl (C=O) groups is 1. The van der Waals surface area contributed by atoms with Gasteiger partial charge < -0.3 is 24.8 Å². The van der Waals surface area contributed by atoms with E-state index in [-0.39, 0.29) is 18.1 Å². The van der Waals surface area contributed by atoms with Crippen LogP contribution >= 0.6 is 0 Å². The van der Waals surface area contributed by atoms with Gasteiger partial charge in [0.05, 0.1) is 23.7 Å². The van der Waals surface area contributed by atoms with Gasteiger partial charge in [0.1, 0.15) is 24.2 Å². The zero-order valence-electron chi connectivity index (χ0n) is 17.4. The summed E-state index contributed by atoms with van der Waals surface area (Å²) in [6.45, 7) is 0.817. The molecule has 0 radical (unpaired) electrons. The van der Waals surface area contributed by atoms with Crippen molar-refractivity contribution in [2.45, 2.75) is 31.6 Å². The quantitative estimate of drug-likeness (QED) is 0.621. The van der Waals surface area contributed by atoms with Crippen molar-refractivity contribution in [3.05, 3.63) is 53.1 Å². The van der Waals surface area contributed by atoms with Gasteiger partial charge >= 0.3 is 18.4 Å². The second-order valence-corrected chi connectivity index (χ2v) is 7.30. The lowest BCUT2D eigenvalue weighted by atomic mass is 10.1. The molecular formula is C21H17F6N3O4. The minimum Gasteiger partial charge on any atom is -0.491 e. The fraction of sp³-hybridized carbons (Fsp3) is 0.333. The van der Waals surface area contributed by atoms with Crippen LogP contribution in [0.3, 0.4) is 0 Å². The number of anilines is 1. The monoisotopic (exact) mass is 489 g/mol. The van der Waals surface area contributed by atoms with Gasteiger partial charge in [0.15, 0.2) is 0 Å². The Morgan fingerprint density at radius 1 is 1.21 bits per heavy atom. The number of nitrogens with two attached hydrogens (primary N) is 1. The van der Waals surface area contributed by atoms with Gasteiger partial charge in [-0.05, 0) is 48.9 Å². The second-order valence-electron chi connectivity index (χ2n) is 7.30. The second kappa shape index (κ2) is 9.30. The van der Waals surface area contributed by atoms with Gasteiger partial charge in [0, 0.05) is 5.69 Å². The number of rotatable bonds is 5. The lowest BCUT2D eigenvalue weighted by Crippen LogP contribution is -2.42. The van der Waals surface area contributed by atoms with Gasteiger partial charge in [0.2, 0.25) is 6.23 Å². The average molecular weight is 489 g/mol. The summed E-state index contributed by atoms with van der Waals surface area (Å²) in [7, 11) is 0. The molecule has 1 amide bonds. The summed E-state index contributed by atoms with van der Waals surface area (Å²) in [5, 5.41) is 8.90. The molecule has 0 aromatic heterocycles. The van der Waals surface area contributed by atoms with E-state index in [2.05, 4.69) is 0 Å². The highest BCUT2D eigenvalue weighted by Crippen LogP contribution is 2.39. The summed E-state index contributed by atoms with van der Waals surface area (Å²) in [6, 6.07) is 7.92. The summed E-state index contributed by atoms with van der Waals surface area (Å²) in [5.41, 5.74) is 2.96. The lowest BCUT2D eigenvalue weighted by molar-refractivity contribution is -0.215. The largest absolute Gasteiger partial charge is 0.491 e. The Balaban J connectivity index is 1.79. The van der Waals surface area contributed by atoms with Crippen LogP contribution in [0.25, 0.3) is 0 Å². The predicted octanol–water partition coefficient (Wildman–Crippen LogP) is 4.52. The molecule has 1 heterocycles. The number of ether oxygens (including phenoxy) is 3. The van der Waals surface area contributed by atoms with E-state index in [9.17, 15) is 31.1 Å². The van der Waals surface area contributed by atoms with Crippen molar-refractivity contribution in [3.63, 3.8) is 0 Å². The number of halogens is 6. The molecule has 0 aliphatic carbocycles. The van der Waals surface area contributed by atoms with E-state index >= 15 is 0 Å². The van der Waals surface area contributed by atoms with Crippen LogP contribution in [-0.2, 0) is 10.9 Å². The summed E-state index contributed by atoms with van der Waals surface area (Å²) < 4.78 is 95.9. The standard InChI is InChI=1S/C21H17F6N3O4/c1-11-6-14(4-5-17(11)34-19(29)31)32-10-15-9-30(18(33-15)21(25,26)27)13-3-2-12(8-28)16(7-13)20(22,23)24/h2-7,15,18H,9-10H2,1H3,(H2,29,31)/t15-,18+/m0/s1. The van der Waals surface area contributed by atoms with E-state index in [1.54, 1.807) is 6.92 Å². The van der Waals surface area contributed by atoms with Crippen LogP contribution in [0, 0.1) is 18.3 Å². The van der Waals surface area contributed by atoms with E-state index in [4.69, 9.17) is 25.2 Å². The SMILES string of the molecule is Cc1cc(OC[C@@H]2CN(c3ccc(C#N)c(C(F)(F)F)c3)[C@@H](C(F)(F)F)O2)ccc1OC(N)=O. The van der Waals surface area contributed by atoms with Crippen molar-refractivity contribution >= 4 is 11.8 Å². The zero-order chi connectivity index (χ0) is 25.3. The van der Waals surface area contributed by atoms with E-state index < -0.39 is 54.1 Å². The lowest BCUT2D eigenvalue weighted by Gasteiger charge is -2.27. The van der Waals surface area contributed by atoms with E-state index in [0.29, 0.717) is 16.5 Å². The molecule has 2 aromatic carbocycles.